The first-order valence-electron chi connectivity index (χ1n) is 13.0. The molecular formula is C31H30ClN3O5. The monoisotopic (exact) mass is 559 g/mol. The van der Waals surface area contributed by atoms with Crippen LogP contribution in [0, 0.1) is 0 Å². The zero-order valence-electron chi connectivity index (χ0n) is 22.0. The molecule has 0 aliphatic carbocycles. The second-order valence-electron chi connectivity index (χ2n) is 9.77. The molecule has 206 valence electrons. The van der Waals surface area contributed by atoms with Crippen LogP contribution < -0.4 is 10.7 Å². The molecule has 0 unspecified atom stereocenters. The normalized spacial score (nSPS) is 12.2. The molecule has 0 saturated carbocycles. The van der Waals surface area contributed by atoms with Crippen molar-refractivity contribution in [1.82, 2.24) is 14.8 Å². The molecule has 0 aliphatic heterocycles. The van der Waals surface area contributed by atoms with Gasteiger partial charge in [-0.2, -0.15) is 0 Å². The van der Waals surface area contributed by atoms with Crippen molar-refractivity contribution in [2.75, 3.05) is 13.6 Å². The molecule has 5 rings (SSSR count). The molecule has 8 nitrogen and oxygen atoms in total. The Bertz CT molecular complexity index is 1630. The van der Waals surface area contributed by atoms with E-state index in [0.717, 1.165) is 11.1 Å². The molecule has 0 saturated heterocycles. The highest BCUT2D eigenvalue weighted by Gasteiger charge is 2.21. The van der Waals surface area contributed by atoms with Gasteiger partial charge in [0.2, 0.25) is 11.1 Å². The summed E-state index contributed by atoms with van der Waals surface area (Å²) in [6.45, 7) is 1.43. The van der Waals surface area contributed by atoms with Gasteiger partial charge in [-0.3, -0.25) is 14.5 Å². The Labute approximate surface area is 236 Å². The van der Waals surface area contributed by atoms with E-state index in [0.29, 0.717) is 53.7 Å². The van der Waals surface area contributed by atoms with Crippen molar-refractivity contribution < 1.29 is 18.7 Å². The molecule has 0 radical (unpaired) electrons. The zero-order valence-corrected chi connectivity index (χ0v) is 22.8. The molecular weight excluding hydrogens is 530 g/mol. The number of amides is 1. The molecule has 0 bridgehead atoms. The number of carbonyl (C=O) groups is 1. The lowest BCUT2D eigenvalue weighted by molar-refractivity contribution is 0.0949. The van der Waals surface area contributed by atoms with Crippen LogP contribution in [-0.4, -0.2) is 34.1 Å². The van der Waals surface area contributed by atoms with Gasteiger partial charge in [-0.25, -0.2) is 0 Å². The summed E-state index contributed by atoms with van der Waals surface area (Å²) in [7, 11) is 1.84. The van der Waals surface area contributed by atoms with Crippen LogP contribution in [0.25, 0.3) is 11.1 Å². The molecule has 5 aromatic rings. The maximum absolute atomic E-state index is 13.5. The van der Waals surface area contributed by atoms with E-state index in [2.05, 4.69) is 5.32 Å². The van der Waals surface area contributed by atoms with Gasteiger partial charge in [-0.1, -0.05) is 54.1 Å². The lowest BCUT2D eigenvalue weighted by atomic mass is 10.1. The minimum Gasteiger partial charge on any atom is -0.467 e. The van der Waals surface area contributed by atoms with E-state index in [1.807, 2.05) is 59.0 Å². The summed E-state index contributed by atoms with van der Waals surface area (Å²) in [5, 5.41) is 14.2. The summed E-state index contributed by atoms with van der Waals surface area (Å²) in [6.07, 6.45) is 2.98. The van der Waals surface area contributed by atoms with E-state index < -0.39 is 17.4 Å². The number of aliphatic hydroxyl groups is 1. The first kappa shape index (κ1) is 27.5. The Balaban J connectivity index is 1.40. The number of aromatic nitrogens is 1. The van der Waals surface area contributed by atoms with Crippen LogP contribution in [0.2, 0.25) is 5.02 Å². The highest BCUT2D eigenvalue weighted by Crippen LogP contribution is 2.21. The number of likely N-dealkylation sites (N-methyl/N-ethyl adjacent to an activating group) is 1. The van der Waals surface area contributed by atoms with Crippen molar-refractivity contribution in [3.05, 3.63) is 129 Å². The molecule has 1 amide bonds. The summed E-state index contributed by atoms with van der Waals surface area (Å²) in [6, 6.07) is 22.3. The smallest absolute Gasteiger partial charge is 0.257 e. The fourth-order valence-corrected chi connectivity index (χ4v) is 4.73. The third-order valence-corrected chi connectivity index (χ3v) is 6.93. The second kappa shape index (κ2) is 12.4. The van der Waals surface area contributed by atoms with E-state index in [-0.39, 0.29) is 12.1 Å². The lowest BCUT2D eigenvalue weighted by Gasteiger charge is -2.18. The van der Waals surface area contributed by atoms with Crippen molar-refractivity contribution in [3.63, 3.8) is 0 Å². The summed E-state index contributed by atoms with van der Waals surface area (Å²) >= 11 is 5.96. The third kappa shape index (κ3) is 6.54. The van der Waals surface area contributed by atoms with Gasteiger partial charge < -0.3 is 23.8 Å². The summed E-state index contributed by atoms with van der Waals surface area (Å²) < 4.78 is 13.3. The van der Waals surface area contributed by atoms with Gasteiger partial charge in [0.15, 0.2) is 0 Å². The highest BCUT2D eigenvalue weighted by molar-refractivity contribution is 6.30. The van der Waals surface area contributed by atoms with E-state index in [4.69, 9.17) is 20.4 Å². The Morgan fingerprint density at radius 3 is 2.58 bits per heavy atom. The highest BCUT2D eigenvalue weighted by atomic mass is 35.5. The number of nitrogens with zero attached hydrogens (tertiary/aromatic N) is 2. The number of fused-ring (bicyclic) bond motifs is 1. The number of furan rings is 2. The number of rotatable bonds is 11. The van der Waals surface area contributed by atoms with E-state index >= 15 is 0 Å². The second-order valence-corrected chi connectivity index (χ2v) is 10.2. The van der Waals surface area contributed by atoms with Crippen molar-refractivity contribution in [3.8, 4) is 0 Å². The lowest BCUT2D eigenvalue weighted by Crippen LogP contribution is -2.29. The Kier molecular flexibility index (Phi) is 8.50. The third-order valence-electron chi connectivity index (χ3n) is 6.68. The van der Waals surface area contributed by atoms with Crippen LogP contribution in [0.3, 0.4) is 0 Å². The number of halogens is 1. The first-order chi connectivity index (χ1) is 19.4. The van der Waals surface area contributed by atoms with Gasteiger partial charge >= 0.3 is 0 Å². The first-order valence-corrected chi connectivity index (χ1v) is 13.4. The number of hydrogen-bond donors (Lipinski definition) is 2. The van der Waals surface area contributed by atoms with Crippen LogP contribution in [-0.2, 0) is 26.1 Å². The maximum atomic E-state index is 13.5. The average molecular weight is 560 g/mol. The fourth-order valence-electron chi connectivity index (χ4n) is 4.60. The van der Waals surface area contributed by atoms with Crippen LogP contribution in [0.1, 0.15) is 39.1 Å². The number of aryl methyl sites for hydroxylation is 2. The molecule has 2 aromatic carbocycles. The van der Waals surface area contributed by atoms with Crippen LogP contribution in [0.4, 0.5) is 0 Å². The largest absolute Gasteiger partial charge is 0.467 e. The molecule has 3 heterocycles. The van der Waals surface area contributed by atoms with Crippen molar-refractivity contribution >= 4 is 28.6 Å². The van der Waals surface area contributed by atoms with E-state index in [1.165, 1.54) is 6.26 Å². The molecule has 1 atom stereocenters. The summed E-state index contributed by atoms with van der Waals surface area (Å²) in [5.74, 6) is 0.566. The summed E-state index contributed by atoms with van der Waals surface area (Å²) in [5.41, 5.74) is 2.05. The van der Waals surface area contributed by atoms with Gasteiger partial charge in [0.05, 0.1) is 18.2 Å². The Morgan fingerprint density at radius 2 is 1.85 bits per heavy atom. The molecule has 40 heavy (non-hydrogen) atoms. The standard InChI is InChI=1S/C31H30ClN3O5/c1-34(20-27(36)28-8-5-15-39-28)18-24-16-25-29(37)26(30(38)33-17-22-9-11-23(32)12-10-22)19-35(31(25)40-24)14-13-21-6-3-2-4-7-21/h2-12,15-16,19,27,36H,13-14,17-18,20H2,1H3,(H,33,38)/t27-/m1/s1. The van der Waals surface area contributed by atoms with Crippen molar-refractivity contribution in [2.45, 2.75) is 32.2 Å². The van der Waals surface area contributed by atoms with Gasteiger partial charge in [-0.15, -0.1) is 0 Å². The molecule has 2 N–H and O–H groups in total. The number of nitrogens with one attached hydrogen (secondary N) is 1. The van der Waals surface area contributed by atoms with E-state index in [9.17, 15) is 14.7 Å². The van der Waals surface area contributed by atoms with Crippen LogP contribution in [0.5, 0.6) is 0 Å². The predicted molar refractivity (Wildman–Crippen MR) is 153 cm³/mol. The number of hydrogen-bond acceptors (Lipinski definition) is 6. The predicted octanol–water partition coefficient (Wildman–Crippen LogP) is 5.18. The molecule has 0 spiro atoms. The average Bonchev–Trinajstić information content (AvgIpc) is 3.64. The number of benzene rings is 2. The fraction of sp³-hybridized carbons (Fsp3) is 0.226. The SMILES string of the molecule is CN(Cc1cc2c(=O)c(C(=O)NCc3ccc(Cl)cc3)cn(CCc3ccccc3)c2o1)C[C@@H](O)c1ccco1. The summed E-state index contributed by atoms with van der Waals surface area (Å²) in [4.78, 5) is 28.5. The maximum Gasteiger partial charge on any atom is 0.257 e. The van der Waals surface area contributed by atoms with Gasteiger partial charge in [0.25, 0.3) is 5.91 Å². The van der Waals surface area contributed by atoms with Crippen molar-refractivity contribution in [2.24, 2.45) is 0 Å². The van der Waals surface area contributed by atoms with Gasteiger partial charge in [-0.05, 0) is 54.9 Å². The molecule has 0 aliphatic rings. The number of carbonyl (C=O) groups excluding carboxylic acids is 1. The van der Waals surface area contributed by atoms with Gasteiger partial charge in [0.1, 0.15) is 23.2 Å². The van der Waals surface area contributed by atoms with E-state index in [1.54, 1.807) is 36.5 Å². The minimum absolute atomic E-state index is 0.0449. The zero-order chi connectivity index (χ0) is 28.1. The number of pyridine rings is 1. The van der Waals surface area contributed by atoms with Crippen molar-refractivity contribution in [1.29, 1.82) is 0 Å². The Hall–Kier alpha value is -4.11. The van der Waals surface area contributed by atoms with Crippen LogP contribution >= 0.6 is 11.6 Å². The number of aliphatic hydroxyl groups excluding tert-OH is 1. The Morgan fingerprint density at radius 1 is 1.07 bits per heavy atom. The topological polar surface area (TPSA) is 101 Å². The quantitative estimate of drug-likeness (QED) is 0.231. The van der Waals surface area contributed by atoms with Gasteiger partial charge in [0, 0.05) is 30.9 Å². The molecule has 9 heteroatoms. The van der Waals surface area contributed by atoms with Crippen LogP contribution in [0.15, 0.2) is 98.9 Å². The molecule has 0 fully saturated rings. The molecule has 3 aromatic heterocycles. The minimum atomic E-state index is -0.800.